The Morgan fingerprint density at radius 3 is 2.86 bits per heavy atom. The molecule has 3 heteroatoms. The Morgan fingerprint density at radius 1 is 1.64 bits per heavy atom. The highest BCUT2D eigenvalue weighted by Crippen LogP contribution is 2.18. The van der Waals surface area contributed by atoms with Crippen molar-refractivity contribution in [2.75, 3.05) is 13.1 Å². The predicted octanol–water partition coefficient (Wildman–Crippen LogP) is 1.23. The van der Waals surface area contributed by atoms with E-state index in [0.717, 1.165) is 19.5 Å². The second-order valence-corrected chi connectivity index (χ2v) is 4.66. The van der Waals surface area contributed by atoms with E-state index in [1.807, 2.05) is 4.90 Å². The van der Waals surface area contributed by atoms with Crippen LogP contribution in [-0.4, -0.2) is 29.9 Å². The molecule has 1 rings (SSSR count). The quantitative estimate of drug-likeness (QED) is 0.741. The monoisotopic (exact) mass is 198 g/mol. The van der Waals surface area contributed by atoms with Gasteiger partial charge in [-0.25, -0.2) is 0 Å². The molecule has 3 unspecified atom stereocenters. The summed E-state index contributed by atoms with van der Waals surface area (Å²) >= 11 is 0. The van der Waals surface area contributed by atoms with Crippen molar-refractivity contribution in [2.45, 2.75) is 39.7 Å². The van der Waals surface area contributed by atoms with Gasteiger partial charge in [-0.15, -0.1) is 0 Å². The van der Waals surface area contributed by atoms with Crippen molar-refractivity contribution in [3.8, 4) is 0 Å². The van der Waals surface area contributed by atoms with Gasteiger partial charge in [0.25, 0.3) is 0 Å². The van der Waals surface area contributed by atoms with E-state index in [4.69, 9.17) is 5.73 Å². The van der Waals surface area contributed by atoms with Gasteiger partial charge in [0.2, 0.25) is 5.91 Å². The fraction of sp³-hybridized carbons (Fsp3) is 0.909. The molecule has 1 aliphatic heterocycles. The zero-order chi connectivity index (χ0) is 10.7. The van der Waals surface area contributed by atoms with Crippen LogP contribution in [0.5, 0.6) is 0 Å². The van der Waals surface area contributed by atoms with E-state index in [0.29, 0.717) is 18.3 Å². The van der Waals surface area contributed by atoms with Crippen molar-refractivity contribution in [1.29, 1.82) is 0 Å². The predicted molar refractivity (Wildman–Crippen MR) is 57.8 cm³/mol. The molecule has 1 amide bonds. The van der Waals surface area contributed by atoms with Crippen LogP contribution in [0.1, 0.15) is 33.6 Å². The first kappa shape index (κ1) is 11.5. The average molecular weight is 198 g/mol. The molecule has 0 aromatic carbocycles. The van der Waals surface area contributed by atoms with Crippen LogP contribution < -0.4 is 5.73 Å². The lowest BCUT2D eigenvalue weighted by atomic mass is 9.93. The molecule has 0 radical (unpaired) electrons. The zero-order valence-corrected chi connectivity index (χ0v) is 9.49. The molecule has 0 aromatic heterocycles. The van der Waals surface area contributed by atoms with E-state index in [1.165, 1.54) is 0 Å². The molecule has 0 spiro atoms. The Labute approximate surface area is 86.6 Å². The summed E-state index contributed by atoms with van der Waals surface area (Å²) in [5, 5.41) is 0. The van der Waals surface area contributed by atoms with Crippen molar-refractivity contribution in [2.24, 2.45) is 17.6 Å². The summed E-state index contributed by atoms with van der Waals surface area (Å²) in [4.78, 5) is 13.6. The number of nitrogens with two attached hydrogens (primary N) is 1. The van der Waals surface area contributed by atoms with Crippen LogP contribution in [0.4, 0.5) is 0 Å². The van der Waals surface area contributed by atoms with Crippen LogP contribution in [0.25, 0.3) is 0 Å². The van der Waals surface area contributed by atoms with Crippen LogP contribution in [0, 0.1) is 11.8 Å². The summed E-state index contributed by atoms with van der Waals surface area (Å²) in [5.41, 5.74) is 5.95. The van der Waals surface area contributed by atoms with E-state index < -0.39 is 0 Å². The molecule has 82 valence electrons. The molecule has 1 saturated heterocycles. The number of hydrogen-bond acceptors (Lipinski definition) is 2. The molecular weight excluding hydrogens is 176 g/mol. The Bertz CT molecular complexity index is 203. The molecule has 1 aliphatic rings. The van der Waals surface area contributed by atoms with Gasteiger partial charge < -0.3 is 10.6 Å². The van der Waals surface area contributed by atoms with E-state index in [2.05, 4.69) is 20.8 Å². The van der Waals surface area contributed by atoms with Gasteiger partial charge in [0.05, 0.1) is 0 Å². The highest BCUT2D eigenvalue weighted by Gasteiger charge is 2.29. The molecule has 2 N–H and O–H groups in total. The fourth-order valence-corrected chi connectivity index (χ4v) is 1.77. The van der Waals surface area contributed by atoms with Gasteiger partial charge in [0.1, 0.15) is 0 Å². The normalized spacial score (nSPS) is 30.6. The molecule has 0 aromatic rings. The van der Waals surface area contributed by atoms with E-state index in [9.17, 15) is 4.79 Å². The number of rotatable bonds is 3. The fourth-order valence-electron chi connectivity index (χ4n) is 1.77. The lowest BCUT2D eigenvalue weighted by molar-refractivity contribution is -0.136. The Morgan fingerprint density at radius 2 is 2.29 bits per heavy atom. The van der Waals surface area contributed by atoms with Crippen LogP contribution >= 0.6 is 0 Å². The van der Waals surface area contributed by atoms with Gasteiger partial charge in [0, 0.05) is 25.6 Å². The van der Waals surface area contributed by atoms with Gasteiger partial charge in [-0.1, -0.05) is 27.2 Å². The maximum absolute atomic E-state index is 11.7. The minimum Gasteiger partial charge on any atom is -0.341 e. The molecule has 3 nitrogen and oxygen atoms in total. The molecular formula is C11H22N2O. The second kappa shape index (κ2) is 4.78. The second-order valence-electron chi connectivity index (χ2n) is 4.66. The Balaban J connectivity index is 2.49. The zero-order valence-electron chi connectivity index (χ0n) is 9.49. The van der Waals surface area contributed by atoms with Gasteiger partial charge in [0.15, 0.2) is 0 Å². The van der Waals surface area contributed by atoms with Crippen LogP contribution in [0.2, 0.25) is 0 Å². The molecule has 14 heavy (non-hydrogen) atoms. The lowest BCUT2D eigenvalue weighted by Gasteiger charge is -2.36. The summed E-state index contributed by atoms with van der Waals surface area (Å²) in [7, 11) is 0. The Kier molecular flexibility index (Phi) is 3.93. The maximum atomic E-state index is 11.7. The SMILES string of the molecule is CCC(C)CN1CC(N)C(C)CC1=O. The Hall–Kier alpha value is -0.570. The van der Waals surface area contributed by atoms with Crippen molar-refractivity contribution in [1.82, 2.24) is 4.90 Å². The molecule has 0 aliphatic carbocycles. The third-order valence-corrected chi connectivity index (χ3v) is 3.24. The summed E-state index contributed by atoms with van der Waals surface area (Å²) in [5.74, 6) is 1.20. The lowest BCUT2D eigenvalue weighted by Crippen LogP contribution is -2.51. The maximum Gasteiger partial charge on any atom is 0.222 e. The first-order valence-corrected chi connectivity index (χ1v) is 5.58. The molecule has 0 bridgehead atoms. The number of hydrogen-bond donors (Lipinski definition) is 1. The smallest absolute Gasteiger partial charge is 0.222 e. The number of piperidine rings is 1. The van der Waals surface area contributed by atoms with Crippen molar-refractivity contribution in [3.05, 3.63) is 0 Å². The van der Waals surface area contributed by atoms with Crippen LogP contribution in [-0.2, 0) is 4.79 Å². The number of amides is 1. The molecule has 3 atom stereocenters. The topological polar surface area (TPSA) is 46.3 Å². The number of likely N-dealkylation sites (tertiary alicyclic amines) is 1. The number of nitrogens with zero attached hydrogens (tertiary/aromatic N) is 1. The summed E-state index contributed by atoms with van der Waals surface area (Å²) in [6, 6.07) is 0.164. The van der Waals surface area contributed by atoms with Gasteiger partial charge >= 0.3 is 0 Å². The van der Waals surface area contributed by atoms with E-state index >= 15 is 0 Å². The summed E-state index contributed by atoms with van der Waals surface area (Å²) < 4.78 is 0. The average Bonchev–Trinajstić information content (AvgIpc) is 2.14. The highest BCUT2D eigenvalue weighted by atomic mass is 16.2. The van der Waals surface area contributed by atoms with Crippen molar-refractivity contribution >= 4 is 5.91 Å². The summed E-state index contributed by atoms with van der Waals surface area (Å²) in [6.45, 7) is 8.00. The number of carbonyl (C=O) groups excluding carboxylic acids is 1. The first-order valence-electron chi connectivity index (χ1n) is 5.58. The molecule has 1 heterocycles. The van der Waals surface area contributed by atoms with Gasteiger partial charge in [-0.2, -0.15) is 0 Å². The van der Waals surface area contributed by atoms with Crippen molar-refractivity contribution in [3.63, 3.8) is 0 Å². The van der Waals surface area contributed by atoms with Gasteiger partial charge in [-0.3, -0.25) is 4.79 Å². The third-order valence-electron chi connectivity index (χ3n) is 3.24. The number of carbonyl (C=O) groups is 1. The van der Waals surface area contributed by atoms with E-state index in [1.54, 1.807) is 0 Å². The summed E-state index contributed by atoms with van der Waals surface area (Å²) in [6.07, 6.45) is 1.74. The minimum absolute atomic E-state index is 0.164. The van der Waals surface area contributed by atoms with Gasteiger partial charge in [-0.05, 0) is 11.8 Å². The van der Waals surface area contributed by atoms with Crippen molar-refractivity contribution < 1.29 is 4.79 Å². The largest absolute Gasteiger partial charge is 0.341 e. The van der Waals surface area contributed by atoms with E-state index in [-0.39, 0.29) is 11.9 Å². The highest BCUT2D eigenvalue weighted by molar-refractivity contribution is 5.77. The molecule has 1 fully saturated rings. The standard InChI is InChI=1S/C11H22N2O/c1-4-8(2)6-13-7-10(12)9(3)5-11(13)14/h8-10H,4-7,12H2,1-3H3. The minimum atomic E-state index is 0.164. The third kappa shape index (κ3) is 2.71. The first-order chi connectivity index (χ1) is 6.54. The van der Waals surface area contributed by atoms with Crippen LogP contribution in [0.15, 0.2) is 0 Å². The molecule has 0 saturated carbocycles. The van der Waals surface area contributed by atoms with Crippen LogP contribution in [0.3, 0.4) is 0 Å².